The maximum absolute atomic E-state index is 11.7. The molecule has 5 nitrogen and oxygen atoms in total. The molecule has 1 N–H and O–H groups in total. The van der Waals surface area contributed by atoms with Crippen LogP contribution in [0.25, 0.3) is 0 Å². The van der Waals surface area contributed by atoms with E-state index in [0.29, 0.717) is 18.9 Å². The summed E-state index contributed by atoms with van der Waals surface area (Å²) in [6.45, 7) is 2.94. The van der Waals surface area contributed by atoms with Crippen LogP contribution in [0.3, 0.4) is 0 Å². The minimum absolute atomic E-state index is 0.0271. The highest BCUT2D eigenvalue weighted by atomic mass is 16.5. The molecule has 0 bridgehead atoms. The second kappa shape index (κ2) is 7.89. The Balaban J connectivity index is 1.77. The summed E-state index contributed by atoms with van der Waals surface area (Å²) in [7, 11) is 0. The van der Waals surface area contributed by atoms with E-state index >= 15 is 0 Å². The third-order valence-electron chi connectivity index (χ3n) is 2.73. The molecular formula is C16H18N2O3. The normalized spacial score (nSPS) is 9.95. The third-order valence-corrected chi connectivity index (χ3v) is 2.73. The molecule has 5 heteroatoms. The molecule has 2 aromatic rings. The van der Waals surface area contributed by atoms with Gasteiger partial charge in [-0.05, 0) is 36.8 Å². The molecule has 1 aromatic carbocycles. The molecule has 0 saturated heterocycles. The van der Waals surface area contributed by atoms with Gasteiger partial charge in [-0.25, -0.2) is 0 Å². The number of amides is 1. The Bertz CT molecular complexity index is 573. The zero-order chi connectivity index (χ0) is 14.9. The Kier molecular flexibility index (Phi) is 5.58. The van der Waals surface area contributed by atoms with E-state index in [4.69, 9.17) is 9.47 Å². The average molecular weight is 286 g/mol. The fraction of sp³-hybridized carbons (Fsp3) is 0.250. The topological polar surface area (TPSA) is 60.5 Å². The molecule has 0 atom stereocenters. The van der Waals surface area contributed by atoms with E-state index in [1.807, 2.05) is 31.2 Å². The van der Waals surface area contributed by atoms with Gasteiger partial charge in [0.25, 0.3) is 5.91 Å². The van der Waals surface area contributed by atoms with Crippen LogP contribution in [-0.4, -0.2) is 24.1 Å². The largest absolute Gasteiger partial charge is 0.494 e. The second-order valence-corrected chi connectivity index (χ2v) is 4.33. The highest BCUT2D eigenvalue weighted by molar-refractivity contribution is 5.77. The summed E-state index contributed by atoms with van der Waals surface area (Å²) in [5.74, 6) is 1.17. The first-order valence-electron chi connectivity index (χ1n) is 6.79. The molecule has 0 saturated carbocycles. The van der Waals surface area contributed by atoms with Gasteiger partial charge in [0.1, 0.15) is 11.5 Å². The van der Waals surface area contributed by atoms with Gasteiger partial charge in [0.2, 0.25) is 0 Å². The SMILES string of the molecule is CCOc1cccc(OCC(=O)NCc2ccncc2)c1. The number of carbonyl (C=O) groups is 1. The lowest BCUT2D eigenvalue weighted by molar-refractivity contribution is -0.123. The minimum atomic E-state index is -0.173. The number of pyridine rings is 1. The van der Waals surface area contributed by atoms with Crippen molar-refractivity contribution in [3.05, 3.63) is 54.4 Å². The number of aromatic nitrogens is 1. The van der Waals surface area contributed by atoms with Crippen LogP contribution in [0.5, 0.6) is 11.5 Å². The lowest BCUT2D eigenvalue weighted by Gasteiger charge is -2.09. The summed E-state index contributed by atoms with van der Waals surface area (Å²) >= 11 is 0. The molecule has 1 heterocycles. The summed E-state index contributed by atoms with van der Waals surface area (Å²) in [5.41, 5.74) is 0.997. The number of carbonyl (C=O) groups excluding carboxylic acids is 1. The molecule has 0 aliphatic carbocycles. The van der Waals surface area contributed by atoms with Gasteiger partial charge in [0.15, 0.2) is 6.61 Å². The van der Waals surface area contributed by atoms with Crippen LogP contribution < -0.4 is 14.8 Å². The van der Waals surface area contributed by atoms with Gasteiger partial charge in [-0.1, -0.05) is 6.07 Å². The molecule has 0 unspecified atom stereocenters. The van der Waals surface area contributed by atoms with Crippen LogP contribution in [0.15, 0.2) is 48.8 Å². The van der Waals surface area contributed by atoms with Gasteiger partial charge in [0, 0.05) is 25.0 Å². The van der Waals surface area contributed by atoms with Crippen LogP contribution in [0.4, 0.5) is 0 Å². The maximum atomic E-state index is 11.7. The Morgan fingerprint density at radius 1 is 1.14 bits per heavy atom. The fourth-order valence-electron chi connectivity index (χ4n) is 1.72. The van der Waals surface area contributed by atoms with Gasteiger partial charge >= 0.3 is 0 Å². The third kappa shape index (κ3) is 5.14. The second-order valence-electron chi connectivity index (χ2n) is 4.33. The monoisotopic (exact) mass is 286 g/mol. The Hall–Kier alpha value is -2.56. The minimum Gasteiger partial charge on any atom is -0.494 e. The van der Waals surface area contributed by atoms with Crippen molar-refractivity contribution in [2.75, 3.05) is 13.2 Å². The van der Waals surface area contributed by atoms with Crippen LogP contribution >= 0.6 is 0 Å². The Morgan fingerprint density at radius 2 is 1.86 bits per heavy atom. The number of benzene rings is 1. The molecule has 110 valence electrons. The highest BCUT2D eigenvalue weighted by Gasteiger charge is 2.03. The molecule has 21 heavy (non-hydrogen) atoms. The average Bonchev–Trinajstić information content (AvgIpc) is 2.53. The van der Waals surface area contributed by atoms with Gasteiger partial charge in [-0.2, -0.15) is 0 Å². The number of ether oxygens (including phenoxy) is 2. The van der Waals surface area contributed by atoms with Gasteiger partial charge in [-0.15, -0.1) is 0 Å². The molecular weight excluding hydrogens is 268 g/mol. The molecule has 0 radical (unpaired) electrons. The van der Waals surface area contributed by atoms with Crippen LogP contribution in [0.1, 0.15) is 12.5 Å². The van der Waals surface area contributed by atoms with Crippen molar-refractivity contribution in [1.29, 1.82) is 0 Å². The fourth-order valence-corrected chi connectivity index (χ4v) is 1.72. The van der Waals surface area contributed by atoms with E-state index in [0.717, 1.165) is 11.3 Å². The zero-order valence-electron chi connectivity index (χ0n) is 11.9. The molecule has 2 rings (SSSR count). The number of nitrogens with one attached hydrogen (secondary N) is 1. The van der Waals surface area contributed by atoms with Crippen molar-refractivity contribution in [2.24, 2.45) is 0 Å². The number of nitrogens with zero attached hydrogens (tertiary/aromatic N) is 1. The quantitative estimate of drug-likeness (QED) is 0.847. The standard InChI is InChI=1S/C16H18N2O3/c1-2-20-14-4-3-5-15(10-14)21-12-16(19)18-11-13-6-8-17-9-7-13/h3-10H,2,11-12H2,1H3,(H,18,19). The summed E-state index contributed by atoms with van der Waals surface area (Å²) in [4.78, 5) is 15.6. The van der Waals surface area contributed by atoms with E-state index in [9.17, 15) is 4.79 Å². The zero-order valence-corrected chi connectivity index (χ0v) is 11.9. The van der Waals surface area contributed by atoms with E-state index in [1.54, 1.807) is 24.5 Å². The van der Waals surface area contributed by atoms with Gasteiger partial charge in [0.05, 0.1) is 6.61 Å². The lowest BCUT2D eigenvalue weighted by Crippen LogP contribution is -2.28. The molecule has 0 spiro atoms. The van der Waals surface area contributed by atoms with E-state index in [2.05, 4.69) is 10.3 Å². The van der Waals surface area contributed by atoms with E-state index < -0.39 is 0 Å². The van der Waals surface area contributed by atoms with Gasteiger partial charge in [-0.3, -0.25) is 9.78 Å². The summed E-state index contributed by atoms with van der Waals surface area (Å²) in [6.07, 6.45) is 3.38. The predicted molar refractivity (Wildman–Crippen MR) is 79.2 cm³/mol. The first-order valence-corrected chi connectivity index (χ1v) is 6.79. The van der Waals surface area contributed by atoms with Crippen molar-refractivity contribution in [1.82, 2.24) is 10.3 Å². The molecule has 0 aliphatic heterocycles. The summed E-state index contributed by atoms with van der Waals surface area (Å²) < 4.78 is 10.8. The molecule has 0 aliphatic rings. The van der Waals surface area contributed by atoms with Crippen LogP contribution in [0, 0.1) is 0 Å². The number of hydrogen-bond acceptors (Lipinski definition) is 4. The van der Waals surface area contributed by atoms with Gasteiger partial charge < -0.3 is 14.8 Å². The van der Waals surface area contributed by atoms with Crippen molar-refractivity contribution in [3.8, 4) is 11.5 Å². The van der Waals surface area contributed by atoms with E-state index in [-0.39, 0.29) is 12.5 Å². The van der Waals surface area contributed by atoms with Crippen molar-refractivity contribution in [3.63, 3.8) is 0 Å². The van der Waals surface area contributed by atoms with Crippen molar-refractivity contribution < 1.29 is 14.3 Å². The lowest BCUT2D eigenvalue weighted by atomic mass is 10.3. The smallest absolute Gasteiger partial charge is 0.258 e. The Labute approximate surface area is 123 Å². The number of hydrogen-bond donors (Lipinski definition) is 1. The number of rotatable bonds is 7. The van der Waals surface area contributed by atoms with Crippen molar-refractivity contribution in [2.45, 2.75) is 13.5 Å². The summed E-state index contributed by atoms with van der Waals surface area (Å²) in [6, 6.07) is 10.9. The van der Waals surface area contributed by atoms with E-state index in [1.165, 1.54) is 0 Å². The maximum Gasteiger partial charge on any atom is 0.258 e. The first-order chi connectivity index (χ1) is 10.3. The van der Waals surface area contributed by atoms with Crippen LogP contribution in [-0.2, 0) is 11.3 Å². The molecule has 1 aromatic heterocycles. The highest BCUT2D eigenvalue weighted by Crippen LogP contribution is 2.19. The van der Waals surface area contributed by atoms with Crippen LogP contribution in [0.2, 0.25) is 0 Å². The predicted octanol–water partition coefficient (Wildman–Crippen LogP) is 2.18. The van der Waals surface area contributed by atoms with Crippen molar-refractivity contribution >= 4 is 5.91 Å². The Morgan fingerprint density at radius 3 is 2.57 bits per heavy atom. The first kappa shape index (κ1) is 14.8. The molecule has 1 amide bonds. The summed E-state index contributed by atoms with van der Waals surface area (Å²) in [5, 5.41) is 2.79. The molecule has 0 fully saturated rings.